The molecule has 0 amide bonds. The third-order valence-corrected chi connectivity index (χ3v) is 3.39. The molecule has 0 aliphatic rings. The maximum absolute atomic E-state index is 4.17. The highest BCUT2D eigenvalue weighted by molar-refractivity contribution is 5.07. The predicted molar refractivity (Wildman–Crippen MR) is 96.5 cm³/mol. The van der Waals surface area contributed by atoms with Crippen molar-refractivity contribution < 1.29 is 0 Å². The van der Waals surface area contributed by atoms with Gasteiger partial charge in [-0.15, -0.1) is 0 Å². The molecule has 0 aromatic carbocycles. The molecule has 0 unspecified atom stereocenters. The largest absolute Gasteiger partial charge is 0.316 e. The lowest BCUT2D eigenvalue weighted by molar-refractivity contribution is 0.505. The summed E-state index contributed by atoms with van der Waals surface area (Å²) >= 11 is 0. The fourth-order valence-corrected chi connectivity index (χ4v) is 1.70. The molecule has 128 valence electrons. The molecule has 1 heterocycles. The van der Waals surface area contributed by atoms with E-state index in [4.69, 9.17) is 0 Å². The van der Waals surface area contributed by atoms with Gasteiger partial charge in [-0.25, -0.2) is 0 Å². The second-order valence-corrected chi connectivity index (χ2v) is 5.71. The quantitative estimate of drug-likeness (QED) is 0.514. The van der Waals surface area contributed by atoms with E-state index < -0.39 is 0 Å². The van der Waals surface area contributed by atoms with Crippen LogP contribution in [0.4, 0.5) is 0 Å². The van der Waals surface area contributed by atoms with Gasteiger partial charge in [0.1, 0.15) is 0 Å². The van der Waals surface area contributed by atoms with E-state index in [0.29, 0.717) is 12.1 Å². The molecule has 2 atom stereocenters. The van der Waals surface area contributed by atoms with Crippen LogP contribution in [-0.4, -0.2) is 57.3 Å². The topological polar surface area (TPSA) is 61.0 Å². The Bertz CT molecular complexity index is 339. The molecule has 0 aliphatic heterocycles. The van der Waals surface area contributed by atoms with Crippen molar-refractivity contribution in [3.63, 3.8) is 0 Å². The number of aryl methyl sites for hydroxylation is 2. The molecule has 0 saturated heterocycles. The molecule has 0 radical (unpaired) electrons. The third-order valence-electron chi connectivity index (χ3n) is 3.39. The van der Waals surface area contributed by atoms with E-state index in [1.807, 2.05) is 46.1 Å². The normalized spacial score (nSPS) is 13.2. The summed E-state index contributed by atoms with van der Waals surface area (Å²) in [7, 11) is 3.97. The van der Waals surface area contributed by atoms with Crippen molar-refractivity contribution in [2.24, 2.45) is 0 Å². The van der Waals surface area contributed by atoms with Gasteiger partial charge in [-0.05, 0) is 53.9 Å². The first-order chi connectivity index (χ1) is 10.5. The minimum atomic E-state index is 0.547. The van der Waals surface area contributed by atoms with Gasteiger partial charge in [-0.2, -0.15) is 0 Å². The van der Waals surface area contributed by atoms with Crippen LogP contribution in [0.2, 0.25) is 0 Å². The van der Waals surface area contributed by atoms with Crippen molar-refractivity contribution in [2.75, 3.05) is 40.3 Å². The molecule has 5 heteroatoms. The number of nitrogens with zero attached hydrogens (tertiary/aromatic N) is 1. The molecule has 5 nitrogen and oxygen atoms in total. The zero-order chi connectivity index (χ0) is 16.8. The summed E-state index contributed by atoms with van der Waals surface area (Å²) in [5, 5.41) is 13.1. The Morgan fingerprint density at radius 1 is 0.864 bits per heavy atom. The van der Waals surface area contributed by atoms with Crippen LogP contribution in [0.1, 0.15) is 25.2 Å². The summed E-state index contributed by atoms with van der Waals surface area (Å²) in [5.74, 6) is 0. The van der Waals surface area contributed by atoms with Crippen molar-refractivity contribution in [1.82, 2.24) is 26.3 Å². The van der Waals surface area contributed by atoms with Crippen LogP contribution in [0.3, 0.4) is 0 Å². The SMILES string of the molecule is CN[C@@H](C)CNCCNC[C@H](C)NC.Cc1cccc(C)n1. The first-order valence-electron chi connectivity index (χ1n) is 8.15. The van der Waals surface area contributed by atoms with Crippen LogP contribution < -0.4 is 21.3 Å². The highest BCUT2D eigenvalue weighted by atomic mass is 15.0. The zero-order valence-electron chi connectivity index (χ0n) is 15.2. The minimum Gasteiger partial charge on any atom is -0.316 e. The van der Waals surface area contributed by atoms with E-state index in [9.17, 15) is 0 Å². The van der Waals surface area contributed by atoms with Crippen molar-refractivity contribution >= 4 is 0 Å². The number of aromatic nitrogens is 1. The maximum atomic E-state index is 4.17. The van der Waals surface area contributed by atoms with E-state index >= 15 is 0 Å². The van der Waals surface area contributed by atoms with Crippen LogP contribution in [-0.2, 0) is 0 Å². The van der Waals surface area contributed by atoms with E-state index in [1.54, 1.807) is 0 Å². The average molecular weight is 310 g/mol. The summed E-state index contributed by atoms with van der Waals surface area (Å²) in [6, 6.07) is 7.09. The highest BCUT2D eigenvalue weighted by Gasteiger charge is 1.97. The standard InChI is InChI=1S/C10H26N4.C7H9N/c1-9(11-3)7-13-5-6-14-8-10(2)12-4;1-6-4-3-5-7(2)8-6/h9-14H,5-8H2,1-4H3;3-5H,1-2H3/t9-,10-;/m0./s1. The lowest BCUT2D eigenvalue weighted by Gasteiger charge is -2.13. The number of hydrogen-bond donors (Lipinski definition) is 4. The second kappa shape index (κ2) is 13.6. The lowest BCUT2D eigenvalue weighted by atomic mass is 10.3. The first kappa shape index (κ1) is 21.0. The molecular weight excluding hydrogens is 274 g/mol. The Balaban J connectivity index is 0.000000461. The van der Waals surface area contributed by atoms with E-state index in [-0.39, 0.29) is 0 Å². The van der Waals surface area contributed by atoms with Crippen LogP contribution in [0.5, 0.6) is 0 Å². The fourth-order valence-electron chi connectivity index (χ4n) is 1.70. The second-order valence-electron chi connectivity index (χ2n) is 5.71. The molecule has 4 N–H and O–H groups in total. The van der Waals surface area contributed by atoms with Gasteiger partial charge < -0.3 is 21.3 Å². The highest BCUT2D eigenvalue weighted by Crippen LogP contribution is 1.93. The van der Waals surface area contributed by atoms with Crippen molar-refractivity contribution in [2.45, 2.75) is 39.8 Å². The molecule has 1 aromatic rings. The van der Waals surface area contributed by atoms with Crippen molar-refractivity contribution in [1.29, 1.82) is 0 Å². The van der Waals surface area contributed by atoms with Crippen LogP contribution in [0.25, 0.3) is 0 Å². The minimum absolute atomic E-state index is 0.547. The van der Waals surface area contributed by atoms with Gasteiger partial charge in [0, 0.05) is 49.7 Å². The molecule has 22 heavy (non-hydrogen) atoms. The number of rotatable bonds is 9. The molecule has 1 aromatic heterocycles. The Morgan fingerprint density at radius 3 is 1.55 bits per heavy atom. The third kappa shape index (κ3) is 12.7. The van der Waals surface area contributed by atoms with Gasteiger partial charge in [0.15, 0.2) is 0 Å². The van der Waals surface area contributed by atoms with E-state index in [0.717, 1.165) is 37.6 Å². The fraction of sp³-hybridized carbons (Fsp3) is 0.706. The summed E-state index contributed by atoms with van der Waals surface area (Å²) in [4.78, 5) is 4.17. The van der Waals surface area contributed by atoms with Gasteiger partial charge in [0.25, 0.3) is 0 Å². The predicted octanol–water partition coefficient (Wildman–Crippen LogP) is 1.08. The molecule has 0 bridgehead atoms. The molecule has 0 aliphatic carbocycles. The lowest BCUT2D eigenvalue weighted by Crippen LogP contribution is -2.40. The molecule has 0 spiro atoms. The van der Waals surface area contributed by atoms with Crippen LogP contribution in [0.15, 0.2) is 18.2 Å². The Labute approximate surface area is 136 Å². The molecule has 0 saturated carbocycles. The van der Waals surface area contributed by atoms with Crippen LogP contribution >= 0.6 is 0 Å². The van der Waals surface area contributed by atoms with Crippen molar-refractivity contribution in [3.05, 3.63) is 29.6 Å². The average Bonchev–Trinajstić information content (AvgIpc) is 2.50. The Morgan fingerprint density at radius 2 is 1.27 bits per heavy atom. The zero-order valence-corrected chi connectivity index (χ0v) is 15.2. The first-order valence-corrected chi connectivity index (χ1v) is 8.15. The van der Waals surface area contributed by atoms with Crippen LogP contribution in [0, 0.1) is 13.8 Å². The molecular formula is C17H35N5. The van der Waals surface area contributed by atoms with Gasteiger partial charge in [-0.1, -0.05) is 6.07 Å². The summed E-state index contributed by atoms with van der Waals surface area (Å²) < 4.78 is 0. The molecule has 0 fully saturated rings. The molecule has 1 rings (SSSR count). The van der Waals surface area contributed by atoms with Gasteiger partial charge in [0.05, 0.1) is 0 Å². The summed E-state index contributed by atoms with van der Waals surface area (Å²) in [6.45, 7) is 12.4. The number of likely N-dealkylation sites (N-methyl/N-ethyl adjacent to an activating group) is 2. The maximum Gasteiger partial charge on any atom is 0.0375 e. The smallest absolute Gasteiger partial charge is 0.0375 e. The number of pyridine rings is 1. The summed E-state index contributed by atoms with van der Waals surface area (Å²) in [5.41, 5.74) is 2.18. The summed E-state index contributed by atoms with van der Waals surface area (Å²) in [6.07, 6.45) is 0. The Hall–Kier alpha value is -1.01. The monoisotopic (exact) mass is 309 g/mol. The Kier molecular flexibility index (Phi) is 13.0. The van der Waals surface area contributed by atoms with E-state index in [1.165, 1.54) is 0 Å². The van der Waals surface area contributed by atoms with Gasteiger partial charge in [0.2, 0.25) is 0 Å². The van der Waals surface area contributed by atoms with Gasteiger partial charge in [-0.3, -0.25) is 4.98 Å². The van der Waals surface area contributed by atoms with Gasteiger partial charge >= 0.3 is 0 Å². The van der Waals surface area contributed by atoms with Crippen molar-refractivity contribution in [3.8, 4) is 0 Å². The number of nitrogens with one attached hydrogen (secondary N) is 4. The van der Waals surface area contributed by atoms with E-state index in [2.05, 4.69) is 40.1 Å². The number of hydrogen-bond acceptors (Lipinski definition) is 5.